The molecule has 0 fully saturated rings. The van der Waals surface area contributed by atoms with Crippen LogP contribution in [0.25, 0.3) is 16.6 Å². The van der Waals surface area contributed by atoms with Crippen LogP contribution in [0, 0.1) is 22.7 Å². The van der Waals surface area contributed by atoms with Crippen molar-refractivity contribution in [2.24, 2.45) is 0 Å². The van der Waals surface area contributed by atoms with Crippen LogP contribution in [0.1, 0.15) is 11.3 Å². The van der Waals surface area contributed by atoms with E-state index >= 15 is 0 Å². The predicted octanol–water partition coefficient (Wildman–Crippen LogP) is 0.919. The number of H-pyrrole nitrogens is 1. The molecule has 0 bridgehead atoms. The number of para-hydroxylation sites is 1. The summed E-state index contributed by atoms with van der Waals surface area (Å²) >= 11 is 0. The van der Waals surface area contributed by atoms with Gasteiger partial charge in [-0.05, 0) is 12.1 Å². The van der Waals surface area contributed by atoms with Gasteiger partial charge in [-0.3, -0.25) is 4.79 Å². The number of benzene rings is 1. The van der Waals surface area contributed by atoms with Gasteiger partial charge in [0.15, 0.2) is 11.3 Å². The van der Waals surface area contributed by atoms with Crippen LogP contribution in [0.3, 0.4) is 0 Å². The SMILES string of the molecule is N#Cc1nn2c([nH]c(=O)c3ccccc32)c1C#N. The maximum Gasteiger partial charge on any atom is 0.259 e. The highest BCUT2D eigenvalue weighted by Gasteiger charge is 2.15. The highest BCUT2D eigenvalue weighted by Crippen LogP contribution is 2.16. The lowest BCUT2D eigenvalue weighted by molar-refractivity contribution is 0.967. The first-order chi connectivity index (χ1) is 8.76. The Labute approximate surface area is 100 Å². The lowest BCUT2D eigenvalue weighted by atomic mass is 10.2. The molecule has 0 radical (unpaired) electrons. The van der Waals surface area contributed by atoms with E-state index in [2.05, 4.69) is 10.1 Å². The fraction of sp³-hybridized carbons (Fsp3) is 0. The van der Waals surface area contributed by atoms with E-state index in [0.29, 0.717) is 10.9 Å². The summed E-state index contributed by atoms with van der Waals surface area (Å²) in [6.45, 7) is 0. The van der Waals surface area contributed by atoms with Crippen LogP contribution in [0.15, 0.2) is 29.1 Å². The van der Waals surface area contributed by atoms with Crippen LogP contribution < -0.4 is 5.56 Å². The summed E-state index contributed by atoms with van der Waals surface area (Å²) in [5.41, 5.74) is 0.593. The molecule has 18 heavy (non-hydrogen) atoms. The summed E-state index contributed by atoms with van der Waals surface area (Å²) in [6.07, 6.45) is 0. The quantitative estimate of drug-likeness (QED) is 0.626. The van der Waals surface area contributed by atoms with E-state index in [1.54, 1.807) is 24.3 Å². The van der Waals surface area contributed by atoms with Gasteiger partial charge in [0.2, 0.25) is 0 Å². The number of nitrogens with zero attached hydrogens (tertiary/aromatic N) is 4. The Bertz CT molecular complexity index is 920. The fourth-order valence-electron chi connectivity index (χ4n) is 1.92. The van der Waals surface area contributed by atoms with E-state index in [9.17, 15) is 4.79 Å². The first kappa shape index (κ1) is 10.1. The van der Waals surface area contributed by atoms with Crippen molar-refractivity contribution in [3.63, 3.8) is 0 Å². The average Bonchev–Trinajstić information content (AvgIpc) is 2.77. The zero-order chi connectivity index (χ0) is 12.7. The van der Waals surface area contributed by atoms with Gasteiger partial charge < -0.3 is 4.98 Å². The molecule has 6 heteroatoms. The van der Waals surface area contributed by atoms with Gasteiger partial charge in [0.05, 0.1) is 10.9 Å². The van der Waals surface area contributed by atoms with Crippen molar-refractivity contribution in [1.82, 2.24) is 14.6 Å². The largest absolute Gasteiger partial charge is 0.305 e. The molecule has 2 aromatic heterocycles. The summed E-state index contributed by atoms with van der Waals surface area (Å²) < 4.78 is 1.41. The van der Waals surface area contributed by atoms with Crippen LogP contribution in [-0.4, -0.2) is 14.6 Å². The van der Waals surface area contributed by atoms with Crippen molar-refractivity contribution in [3.05, 3.63) is 45.9 Å². The Balaban J connectivity index is 2.67. The number of fused-ring (bicyclic) bond motifs is 3. The predicted molar refractivity (Wildman–Crippen MR) is 62.7 cm³/mol. The van der Waals surface area contributed by atoms with Gasteiger partial charge in [-0.2, -0.15) is 15.6 Å². The lowest BCUT2D eigenvalue weighted by Gasteiger charge is -1.99. The second kappa shape index (κ2) is 3.44. The van der Waals surface area contributed by atoms with Crippen molar-refractivity contribution < 1.29 is 0 Å². The second-order valence-corrected chi connectivity index (χ2v) is 3.68. The maximum atomic E-state index is 11.9. The third-order valence-electron chi connectivity index (χ3n) is 2.71. The molecule has 0 aliphatic heterocycles. The monoisotopic (exact) mass is 235 g/mol. The molecule has 0 aliphatic rings. The van der Waals surface area contributed by atoms with Crippen LogP contribution >= 0.6 is 0 Å². The summed E-state index contributed by atoms with van der Waals surface area (Å²) in [5.74, 6) is 0. The molecule has 0 saturated carbocycles. The Morgan fingerprint density at radius 2 is 2.00 bits per heavy atom. The molecule has 6 nitrogen and oxygen atoms in total. The third-order valence-corrected chi connectivity index (χ3v) is 2.71. The molecule has 2 heterocycles. The van der Waals surface area contributed by atoms with Crippen LogP contribution in [0.2, 0.25) is 0 Å². The molecule has 0 saturated heterocycles. The van der Waals surface area contributed by atoms with Gasteiger partial charge in [0.25, 0.3) is 5.56 Å². The van der Waals surface area contributed by atoms with Gasteiger partial charge in [0, 0.05) is 0 Å². The van der Waals surface area contributed by atoms with Crippen molar-refractivity contribution >= 4 is 16.6 Å². The summed E-state index contributed by atoms with van der Waals surface area (Å²) in [7, 11) is 0. The molecule has 84 valence electrons. The lowest BCUT2D eigenvalue weighted by Crippen LogP contribution is -2.10. The first-order valence-corrected chi connectivity index (χ1v) is 5.10. The van der Waals surface area contributed by atoms with Crippen LogP contribution in [0.5, 0.6) is 0 Å². The van der Waals surface area contributed by atoms with Gasteiger partial charge >= 0.3 is 0 Å². The minimum absolute atomic E-state index is 0.00417. The van der Waals surface area contributed by atoms with Crippen LogP contribution in [0.4, 0.5) is 0 Å². The molecule has 0 aliphatic carbocycles. The normalized spacial score (nSPS) is 10.3. The topological polar surface area (TPSA) is 97.7 Å². The first-order valence-electron chi connectivity index (χ1n) is 5.10. The summed E-state index contributed by atoms with van der Waals surface area (Å²) in [4.78, 5) is 14.4. The average molecular weight is 235 g/mol. The molecule has 3 aromatic rings. The smallest absolute Gasteiger partial charge is 0.259 e. The number of rotatable bonds is 0. The molecule has 0 atom stereocenters. The van der Waals surface area contributed by atoms with E-state index in [1.807, 2.05) is 12.1 Å². The molecule has 1 aromatic carbocycles. The number of aromatic nitrogens is 3. The maximum absolute atomic E-state index is 11.9. The zero-order valence-electron chi connectivity index (χ0n) is 9.01. The molecular weight excluding hydrogens is 230 g/mol. The molecular formula is C12H5N5O. The second-order valence-electron chi connectivity index (χ2n) is 3.68. The van der Waals surface area contributed by atoms with Gasteiger partial charge in [-0.15, -0.1) is 0 Å². The highest BCUT2D eigenvalue weighted by molar-refractivity contribution is 5.81. The van der Waals surface area contributed by atoms with E-state index in [-0.39, 0.29) is 22.5 Å². The van der Waals surface area contributed by atoms with Gasteiger partial charge in [-0.25, -0.2) is 4.52 Å². The zero-order valence-corrected chi connectivity index (χ0v) is 9.01. The third kappa shape index (κ3) is 1.14. The Hall–Kier alpha value is -3.12. The number of nitrogens with one attached hydrogen (secondary N) is 1. The number of nitriles is 2. The number of hydrogen-bond acceptors (Lipinski definition) is 4. The molecule has 1 N–H and O–H groups in total. The Morgan fingerprint density at radius 3 is 2.72 bits per heavy atom. The van der Waals surface area contributed by atoms with E-state index < -0.39 is 0 Å². The van der Waals surface area contributed by atoms with E-state index in [4.69, 9.17) is 10.5 Å². The molecule has 0 spiro atoms. The van der Waals surface area contributed by atoms with E-state index in [0.717, 1.165) is 0 Å². The van der Waals surface area contributed by atoms with E-state index in [1.165, 1.54) is 4.52 Å². The molecule has 3 rings (SSSR count). The summed E-state index contributed by atoms with van der Waals surface area (Å²) in [6, 6.07) is 10.6. The number of aromatic amines is 1. The van der Waals surface area contributed by atoms with Crippen molar-refractivity contribution in [2.75, 3.05) is 0 Å². The van der Waals surface area contributed by atoms with Gasteiger partial charge in [0.1, 0.15) is 17.7 Å². The van der Waals surface area contributed by atoms with Crippen LogP contribution in [-0.2, 0) is 0 Å². The van der Waals surface area contributed by atoms with Gasteiger partial charge in [-0.1, -0.05) is 12.1 Å². The number of hydrogen-bond donors (Lipinski definition) is 1. The molecule has 0 unspecified atom stereocenters. The van der Waals surface area contributed by atoms with Crippen molar-refractivity contribution in [1.29, 1.82) is 10.5 Å². The standard InChI is InChI=1S/C12H5N5O/c13-5-8-9(6-14)16-17-10-4-2-1-3-7(10)12(18)15-11(8)17/h1-4H,(H,15,18). The van der Waals surface area contributed by atoms with Crippen molar-refractivity contribution in [3.8, 4) is 12.1 Å². The Morgan fingerprint density at radius 1 is 1.22 bits per heavy atom. The van der Waals surface area contributed by atoms with Crippen molar-refractivity contribution in [2.45, 2.75) is 0 Å². The molecule has 0 amide bonds. The minimum atomic E-state index is -0.306. The highest BCUT2D eigenvalue weighted by atomic mass is 16.1. The summed E-state index contributed by atoms with van der Waals surface area (Å²) in [5, 5.41) is 22.4. The Kier molecular flexibility index (Phi) is 1.92. The fourth-order valence-corrected chi connectivity index (χ4v) is 1.92. The minimum Gasteiger partial charge on any atom is -0.305 e.